The first-order chi connectivity index (χ1) is 16.5. The minimum absolute atomic E-state index is 0.0281. The molecule has 2 atom stereocenters. The van der Waals surface area contributed by atoms with Crippen LogP contribution in [0.4, 0.5) is 0 Å². The van der Waals surface area contributed by atoms with Gasteiger partial charge >= 0.3 is 5.97 Å². The highest BCUT2D eigenvalue weighted by atomic mass is 16.4. The molecule has 0 saturated heterocycles. The van der Waals surface area contributed by atoms with E-state index in [0.29, 0.717) is 0 Å². The number of unbranched alkanes of at least 4 members (excludes halogenated alkanes) is 16. The van der Waals surface area contributed by atoms with Gasteiger partial charge in [0.05, 0.1) is 6.20 Å². The third-order valence-corrected chi connectivity index (χ3v) is 7.07. The number of hydrogen-bond acceptors (Lipinski definition) is 3. The molecule has 3 N–H and O–H groups in total. The number of aliphatic carboxylic acids is 1. The Morgan fingerprint density at radius 1 is 0.882 bits per heavy atom. The van der Waals surface area contributed by atoms with Crippen LogP contribution in [0.1, 0.15) is 136 Å². The summed E-state index contributed by atoms with van der Waals surface area (Å²) in [6, 6.07) is 0. The third-order valence-electron chi connectivity index (χ3n) is 7.07. The smallest absolute Gasteiger partial charge is 0.360 e. The van der Waals surface area contributed by atoms with E-state index < -0.39 is 5.97 Å². The number of allylic oxidation sites excluding steroid dienone is 2. The number of quaternary nitrogens is 1. The van der Waals surface area contributed by atoms with E-state index in [9.17, 15) is 9.90 Å². The quantitative estimate of drug-likeness (QED) is 0.0889. The lowest BCUT2D eigenvalue weighted by atomic mass is 10.1. The monoisotopic (exact) mass is 476 g/mol. The Labute approximate surface area is 210 Å². The van der Waals surface area contributed by atoms with Gasteiger partial charge in [-0.15, -0.1) is 0 Å². The zero-order valence-electron chi connectivity index (χ0n) is 22.4. The maximum atomic E-state index is 11.3. The number of carboxylic acids is 1. The van der Waals surface area contributed by atoms with E-state index in [1.54, 1.807) is 6.20 Å². The van der Waals surface area contributed by atoms with Crippen molar-refractivity contribution in [3.63, 3.8) is 0 Å². The van der Waals surface area contributed by atoms with Crippen LogP contribution in [0.5, 0.6) is 0 Å². The summed E-state index contributed by atoms with van der Waals surface area (Å²) in [6.07, 6.45) is 32.7. The summed E-state index contributed by atoms with van der Waals surface area (Å²) in [4.78, 5) is 15.7. The van der Waals surface area contributed by atoms with E-state index in [2.05, 4.69) is 24.1 Å². The van der Waals surface area contributed by atoms with Crippen LogP contribution in [0.2, 0.25) is 0 Å². The molecule has 0 bridgehead atoms. The minimum atomic E-state index is -0.839. The van der Waals surface area contributed by atoms with Gasteiger partial charge in [-0.3, -0.25) is 5.73 Å². The summed E-state index contributed by atoms with van der Waals surface area (Å²) in [5.74, 6) is 0.0547. The normalized spacial score (nSPS) is 18.6. The Hall–Kier alpha value is -1.46. The largest absolute Gasteiger partial charge is 0.477 e. The van der Waals surface area contributed by atoms with Gasteiger partial charge in [-0.25, -0.2) is 14.3 Å². The van der Waals surface area contributed by atoms with Crippen LogP contribution in [-0.2, 0) is 4.79 Å². The van der Waals surface area contributed by atoms with Gasteiger partial charge in [0.25, 0.3) is 0 Å². The number of carbonyl (C=O) groups is 1. The van der Waals surface area contributed by atoms with Gasteiger partial charge in [-0.1, -0.05) is 103 Å². The molecule has 2 unspecified atom stereocenters. The molecule has 34 heavy (non-hydrogen) atoms. The first-order valence-corrected chi connectivity index (χ1v) is 14.3. The highest BCUT2D eigenvalue weighted by Crippen LogP contribution is 2.23. The molecule has 5 heteroatoms. The van der Waals surface area contributed by atoms with Crippen molar-refractivity contribution in [2.75, 3.05) is 6.54 Å². The summed E-state index contributed by atoms with van der Waals surface area (Å²) >= 11 is 0. The molecule has 196 valence electrons. The molecule has 1 aliphatic rings. The molecule has 0 aromatic carbocycles. The molecule has 1 rings (SSSR count). The van der Waals surface area contributed by atoms with Crippen molar-refractivity contribution in [3.8, 4) is 0 Å². The molecule has 0 spiro atoms. The minimum Gasteiger partial charge on any atom is -0.477 e. The molecule has 0 saturated carbocycles. The van der Waals surface area contributed by atoms with Crippen LogP contribution in [0.25, 0.3) is 0 Å². The molecule has 0 aromatic heterocycles. The van der Waals surface area contributed by atoms with Crippen LogP contribution in [0.3, 0.4) is 0 Å². The summed E-state index contributed by atoms with van der Waals surface area (Å²) in [6.45, 7) is 4.11. The van der Waals surface area contributed by atoms with Crippen molar-refractivity contribution >= 4 is 11.8 Å². The van der Waals surface area contributed by atoms with Crippen LogP contribution in [-0.4, -0.2) is 34.1 Å². The fraction of sp³-hybridized carbons (Fsp3) is 0.793. The highest BCUT2D eigenvalue weighted by molar-refractivity contribution is 5.81. The van der Waals surface area contributed by atoms with Gasteiger partial charge in [0.2, 0.25) is 5.84 Å². The van der Waals surface area contributed by atoms with E-state index in [4.69, 9.17) is 5.73 Å². The second-order valence-corrected chi connectivity index (χ2v) is 10.2. The fourth-order valence-corrected chi connectivity index (χ4v) is 4.82. The predicted molar refractivity (Wildman–Crippen MR) is 146 cm³/mol. The molecule has 0 amide bonds. The zero-order valence-corrected chi connectivity index (χ0v) is 22.4. The maximum Gasteiger partial charge on any atom is 0.360 e. The molecule has 1 heterocycles. The molecule has 0 aliphatic carbocycles. The van der Waals surface area contributed by atoms with Gasteiger partial charge in [0, 0.05) is 13.3 Å². The van der Waals surface area contributed by atoms with Crippen LogP contribution in [0, 0.1) is 0 Å². The van der Waals surface area contributed by atoms with Crippen molar-refractivity contribution in [3.05, 3.63) is 24.6 Å². The van der Waals surface area contributed by atoms with E-state index in [-0.39, 0.29) is 17.2 Å². The van der Waals surface area contributed by atoms with Crippen molar-refractivity contribution in [2.45, 2.75) is 142 Å². The molecule has 5 nitrogen and oxygen atoms in total. The van der Waals surface area contributed by atoms with Crippen LogP contribution < -0.4 is 5.73 Å². The second kappa shape index (κ2) is 19.8. The maximum absolute atomic E-state index is 11.3. The Morgan fingerprint density at radius 2 is 1.35 bits per heavy atom. The number of carboxylic acid groups (broad SMARTS) is 1. The van der Waals surface area contributed by atoms with E-state index in [1.165, 1.54) is 109 Å². The van der Waals surface area contributed by atoms with E-state index >= 15 is 0 Å². The lowest BCUT2D eigenvalue weighted by Gasteiger charge is -2.34. The first-order valence-electron chi connectivity index (χ1n) is 14.3. The van der Waals surface area contributed by atoms with Gasteiger partial charge < -0.3 is 5.11 Å². The molecule has 0 radical (unpaired) electrons. The van der Waals surface area contributed by atoms with Crippen molar-refractivity contribution in [1.29, 1.82) is 0 Å². The standard InChI is InChI=1S/C29H53N3O2/c1-3-4-5-6-7-8-9-10-11-12-13-14-15-16-17-18-19-20-21-22-23-28-31-24-25-32(28,27(2)30)26-29(33)34/h14-15,24-25,27H,3-13,16-23,26,30H2,1-2H3/p+1/b15-14+. The van der Waals surface area contributed by atoms with Crippen molar-refractivity contribution in [1.82, 2.24) is 0 Å². The van der Waals surface area contributed by atoms with Gasteiger partial charge in [-0.2, -0.15) is 0 Å². The average molecular weight is 477 g/mol. The lowest BCUT2D eigenvalue weighted by molar-refractivity contribution is -0.805. The Bertz CT molecular complexity index is 612. The lowest BCUT2D eigenvalue weighted by Crippen LogP contribution is -2.59. The summed E-state index contributed by atoms with van der Waals surface area (Å²) in [5.41, 5.74) is 6.12. The zero-order chi connectivity index (χ0) is 24.9. The Kier molecular flexibility index (Phi) is 17.8. The predicted octanol–water partition coefficient (Wildman–Crippen LogP) is 8.06. The van der Waals surface area contributed by atoms with Gasteiger partial charge in [0.15, 0.2) is 6.54 Å². The summed E-state index contributed by atoms with van der Waals surface area (Å²) < 4.78 is 0.167. The Morgan fingerprint density at radius 3 is 1.82 bits per heavy atom. The molecule has 0 aromatic rings. The molecular weight excluding hydrogens is 422 g/mol. The number of rotatable bonds is 23. The fourth-order valence-electron chi connectivity index (χ4n) is 4.82. The highest BCUT2D eigenvalue weighted by Gasteiger charge is 2.40. The number of amidine groups is 1. The number of aliphatic imine (C=N–C) groups is 1. The molecule has 1 aliphatic heterocycles. The van der Waals surface area contributed by atoms with Gasteiger partial charge in [-0.05, 0) is 32.1 Å². The van der Waals surface area contributed by atoms with Crippen molar-refractivity contribution in [2.24, 2.45) is 10.7 Å². The second-order valence-electron chi connectivity index (χ2n) is 10.2. The number of nitrogens with zero attached hydrogens (tertiary/aromatic N) is 2. The SMILES string of the molecule is CCCCCCCCCCCC/C=C/CCCCCCCCC1=NC=C[N+]1(CC(=O)O)C(C)N. The van der Waals surface area contributed by atoms with Gasteiger partial charge in [0.1, 0.15) is 12.4 Å². The van der Waals surface area contributed by atoms with Crippen LogP contribution >= 0.6 is 0 Å². The molecular formula is C29H54N3O2+. The number of nitrogens with two attached hydrogens (primary N) is 1. The summed E-state index contributed by atoms with van der Waals surface area (Å²) in [5, 5.41) is 9.28. The third kappa shape index (κ3) is 13.4. The van der Waals surface area contributed by atoms with Crippen molar-refractivity contribution < 1.29 is 14.4 Å². The van der Waals surface area contributed by atoms with E-state index in [0.717, 1.165) is 18.7 Å². The molecule has 0 fully saturated rings. The van der Waals surface area contributed by atoms with Crippen LogP contribution in [0.15, 0.2) is 29.5 Å². The summed E-state index contributed by atoms with van der Waals surface area (Å²) in [7, 11) is 0. The Balaban J connectivity index is 1.92. The number of hydrogen-bond donors (Lipinski definition) is 2. The van der Waals surface area contributed by atoms with E-state index in [1.807, 2.05) is 13.1 Å². The topological polar surface area (TPSA) is 75.7 Å². The first kappa shape index (κ1) is 30.6. The average Bonchev–Trinajstić information content (AvgIpc) is 3.20.